The van der Waals surface area contributed by atoms with Gasteiger partial charge >= 0.3 is 0 Å². The third kappa shape index (κ3) is 4.80. The van der Waals surface area contributed by atoms with E-state index in [2.05, 4.69) is 20.5 Å². The number of hydrogen-bond donors (Lipinski definition) is 2. The molecule has 4 aromatic rings. The molecule has 4 rings (SSSR count). The Morgan fingerprint density at radius 1 is 1.10 bits per heavy atom. The number of nitrogens with one attached hydrogen (secondary N) is 2. The molecule has 6 nitrogen and oxygen atoms in total. The van der Waals surface area contributed by atoms with E-state index in [0.29, 0.717) is 11.0 Å². The summed E-state index contributed by atoms with van der Waals surface area (Å²) in [4.78, 5) is 17.0. The van der Waals surface area contributed by atoms with E-state index in [1.54, 1.807) is 0 Å². The van der Waals surface area contributed by atoms with Crippen LogP contribution in [0, 0.1) is 6.92 Å². The summed E-state index contributed by atoms with van der Waals surface area (Å²) in [5.74, 6) is 1.33. The molecule has 0 aliphatic heterocycles. The van der Waals surface area contributed by atoms with Crippen molar-refractivity contribution in [2.24, 2.45) is 0 Å². The zero-order chi connectivity index (χ0) is 20.9. The molecule has 152 valence electrons. The number of thioether (sulfide) groups is 1. The second kappa shape index (κ2) is 9.00. The quantitative estimate of drug-likeness (QED) is 0.415. The highest BCUT2D eigenvalue weighted by Crippen LogP contribution is 2.23. The van der Waals surface area contributed by atoms with Crippen LogP contribution in [0.2, 0.25) is 0 Å². The molecule has 0 fully saturated rings. The summed E-state index contributed by atoms with van der Waals surface area (Å²) < 4.78 is 5.78. The fourth-order valence-electron chi connectivity index (χ4n) is 2.98. The average Bonchev–Trinajstić information content (AvgIpc) is 3.20. The molecule has 0 spiro atoms. The van der Waals surface area contributed by atoms with Gasteiger partial charge in [-0.25, -0.2) is 4.98 Å². The maximum atomic E-state index is 12.6. The molecule has 30 heavy (non-hydrogen) atoms. The molecule has 7 heteroatoms. The third-order valence-electron chi connectivity index (χ3n) is 4.64. The van der Waals surface area contributed by atoms with Crippen molar-refractivity contribution < 1.29 is 9.53 Å². The second-order valence-corrected chi connectivity index (χ2v) is 8.24. The van der Waals surface area contributed by atoms with E-state index in [-0.39, 0.29) is 17.8 Å². The Morgan fingerprint density at radius 3 is 2.70 bits per heavy atom. The van der Waals surface area contributed by atoms with Crippen LogP contribution in [-0.4, -0.2) is 26.3 Å². The average molecular weight is 419 g/mol. The number of aromatic nitrogens is 3. The fourth-order valence-corrected chi connectivity index (χ4v) is 3.73. The first kappa shape index (κ1) is 20.0. The Morgan fingerprint density at radius 2 is 1.87 bits per heavy atom. The lowest BCUT2D eigenvalue weighted by Gasteiger charge is -2.11. The maximum absolute atomic E-state index is 12.6. The molecule has 0 bridgehead atoms. The number of anilines is 1. The molecule has 0 unspecified atom stereocenters. The molecule has 1 amide bonds. The maximum Gasteiger partial charge on any atom is 0.237 e. The molecule has 1 aromatic heterocycles. The first-order chi connectivity index (χ1) is 14.6. The first-order valence-corrected chi connectivity index (χ1v) is 10.5. The van der Waals surface area contributed by atoms with E-state index in [4.69, 9.17) is 4.74 Å². The Balaban J connectivity index is 1.33. The summed E-state index contributed by atoms with van der Waals surface area (Å²) in [7, 11) is 0. The molecule has 0 saturated heterocycles. The summed E-state index contributed by atoms with van der Waals surface area (Å²) in [6, 6.07) is 21.7. The van der Waals surface area contributed by atoms with E-state index in [9.17, 15) is 4.79 Å². The van der Waals surface area contributed by atoms with Gasteiger partial charge in [-0.1, -0.05) is 60.3 Å². The lowest BCUT2D eigenvalue weighted by Crippen LogP contribution is -2.22. The number of aryl methyl sites for hydroxylation is 1. The number of hydrogen-bond acceptors (Lipinski definition) is 5. The molecular weight excluding hydrogens is 396 g/mol. The van der Waals surface area contributed by atoms with Gasteiger partial charge in [0.25, 0.3) is 0 Å². The zero-order valence-corrected chi connectivity index (χ0v) is 17.6. The number of rotatable bonds is 7. The van der Waals surface area contributed by atoms with Crippen LogP contribution in [0.3, 0.4) is 0 Å². The predicted octanol–water partition coefficient (Wildman–Crippen LogP) is 4.96. The zero-order valence-electron chi connectivity index (χ0n) is 16.8. The van der Waals surface area contributed by atoms with Crippen LogP contribution in [0.4, 0.5) is 5.69 Å². The largest absolute Gasteiger partial charge is 0.485 e. The van der Waals surface area contributed by atoms with E-state index < -0.39 is 0 Å². The van der Waals surface area contributed by atoms with Gasteiger partial charge in [-0.2, -0.15) is 0 Å². The van der Waals surface area contributed by atoms with Gasteiger partial charge in [-0.05, 0) is 48.4 Å². The molecular formula is C23H22N4O2S. The number of nitrogens with zero attached hydrogens (tertiary/aromatic N) is 2. The molecule has 1 atom stereocenters. The van der Waals surface area contributed by atoms with Gasteiger partial charge in [0.1, 0.15) is 12.4 Å². The number of carbonyl (C=O) groups excluding carboxylic acids is 1. The highest BCUT2D eigenvalue weighted by molar-refractivity contribution is 8.00. The molecule has 3 aromatic carbocycles. The van der Waals surface area contributed by atoms with Gasteiger partial charge in [-0.15, -0.1) is 5.10 Å². The Kier molecular flexibility index (Phi) is 5.99. The standard InChI is InChI=1S/C23H22N4O2S/c1-15-7-3-6-10-20(15)29-14-21-25-23(27-26-21)30-16(2)22(28)24-19-12-11-17-8-4-5-9-18(17)13-19/h3-13,16H,14H2,1-2H3,(H,24,28)(H,25,26,27)/t16-/m1/s1. The first-order valence-electron chi connectivity index (χ1n) is 9.64. The third-order valence-corrected chi connectivity index (χ3v) is 5.60. The second-order valence-electron chi connectivity index (χ2n) is 6.93. The number of benzene rings is 3. The van der Waals surface area contributed by atoms with Gasteiger partial charge in [0.2, 0.25) is 11.1 Å². The summed E-state index contributed by atoms with van der Waals surface area (Å²) in [5.41, 5.74) is 1.83. The lowest BCUT2D eigenvalue weighted by molar-refractivity contribution is -0.115. The van der Waals surface area contributed by atoms with Crippen LogP contribution >= 0.6 is 11.8 Å². The Bertz CT molecular complexity index is 1170. The van der Waals surface area contributed by atoms with Gasteiger partial charge in [0.05, 0.1) is 5.25 Å². The molecule has 2 N–H and O–H groups in total. The minimum Gasteiger partial charge on any atom is -0.485 e. The Hall–Kier alpha value is -3.32. The van der Waals surface area contributed by atoms with Crippen molar-refractivity contribution in [3.8, 4) is 5.75 Å². The summed E-state index contributed by atoms with van der Waals surface area (Å²) in [5, 5.41) is 12.4. The monoisotopic (exact) mass is 418 g/mol. The van der Waals surface area contributed by atoms with Crippen molar-refractivity contribution in [3.05, 3.63) is 78.1 Å². The van der Waals surface area contributed by atoms with E-state index >= 15 is 0 Å². The molecule has 0 aliphatic rings. The molecule has 0 saturated carbocycles. The van der Waals surface area contributed by atoms with Crippen molar-refractivity contribution in [1.82, 2.24) is 15.2 Å². The normalized spacial score (nSPS) is 11.9. The van der Waals surface area contributed by atoms with Crippen LogP contribution in [-0.2, 0) is 11.4 Å². The van der Waals surface area contributed by atoms with Gasteiger partial charge in [0.15, 0.2) is 5.82 Å². The SMILES string of the molecule is Cc1ccccc1OCc1nc(S[C@H](C)C(=O)Nc2ccc3ccccc3c2)n[nH]1. The molecule has 0 radical (unpaired) electrons. The van der Waals surface area contributed by atoms with Gasteiger partial charge in [0, 0.05) is 5.69 Å². The van der Waals surface area contributed by atoms with E-state index in [1.165, 1.54) is 11.8 Å². The number of carbonyl (C=O) groups is 1. The van der Waals surface area contributed by atoms with E-state index in [1.807, 2.05) is 80.6 Å². The molecule has 1 heterocycles. The summed E-state index contributed by atoms with van der Waals surface area (Å²) >= 11 is 1.30. The van der Waals surface area contributed by atoms with Crippen molar-refractivity contribution in [2.45, 2.75) is 30.9 Å². The number of H-pyrrole nitrogens is 1. The summed E-state index contributed by atoms with van der Waals surface area (Å²) in [6.45, 7) is 4.11. The highest BCUT2D eigenvalue weighted by atomic mass is 32.2. The molecule has 0 aliphatic carbocycles. The van der Waals surface area contributed by atoms with Crippen LogP contribution in [0.15, 0.2) is 71.9 Å². The van der Waals surface area contributed by atoms with Crippen LogP contribution in [0.25, 0.3) is 10.8 Å². The number of ether oxygens (including phenoxy) is 1. The van der Waals surface area contributed by atoms with Crippen LogP contribution < -0.4 is 10.1 Å². The summed E-state index contributed by atoms with van der Waals surface area (Å²) in [6.07, 6.45) is 0. The topological polar surface area (TPSA) is 79.9 Å². The van der Waals surface area contributed by atoms with Crippen molar-refractivity contribution >= 4 is 34.1 Å². The smallest absolute Gasteiger partial charge is 0.237 e. The fraction of sp³-hybridized carbons (Fsp3) is 0.174. The van der Waals surface area contributed by atoms with E-state index in [0.717, 1.165) is 27.8 Å². The highest BCUT2D eigenvalue weighted by Gasteiger charge is 2.17. The minimum absolute atomic E-state index is 0.0993. The lowest BCUT2D eigenvalue weighted by atomic mass is 10.1. The van der Waals surface area contributed by atoms with Crippen molar-refractivity contribution in [2.75, 3.05) is 5.32 Å². The number of aromatic amines is 1. The van der Waals surface area contributed by atoms with Crippen molar-refractivity contribution in [3.63, 3.8) is 0 Å². The Labute approximate surface area is 179 Å². The van der Waals surface area contributed by atoms with Crippen molar-refractivity contribution in [1.29, 1.82) is 0 Å². The van der Waals surface area contributed by atoms with Crippen LogP contribution in [0.1, 0.15) is 18.3 Å². The van der Waals surface area contributed by atoms with Gasteiger partial charge < -0.3 is 10.1 Å². The predicted molar refractivity (Wildman–Crippen MR) is 120 cm³/mol. The van der Waals surface area contributed by atoms with Crippen LogP contribution in [0.5, 0.6) is 5.75 Å². The van der Waals surface area contributed by atoms with Gasteiger partial charge in [-0.3, -0.25) is 9.89 Å². The number of fused-ring (bicyclic) bond motifs is 1. The number of amides is 1. The minimum atomic E-state index is -0.350. The number of para-hydroxylation sites is 1.